The van der Waals surface area contributed by atoms with Gasteiger partial charge in [0.15, 0.2) is 11.5 Å². The van der Waals surface area contributed by atoms with Gasteiger partial charge >= 0.3 is 0 Å². The van der Waals surface area contributed by atoms with E-state index in [4.69, 9.17) is 0 Å². The number of hydrogen-bond acceptors (Lipinski definition) is 3. The molecule has 24 heavy (non-hydrogen) atoms. The van der Waals surface area contributed by atoms with Crippen molar-refractivity contribution in [2.45, 2.75) is 58.2 Å². The highest BCUT2D eigenvalue weighted by atomic mass is 19.1. The summed E-state index contributed by atoms with van der Waals surface area (Å²) in [5.74, 6) is -0.375. The van der Waals surface area contributed by atoms with Gasteiger partial charge in [0.25, 0.3) is 0 Å². The fourth-order valence-electron chi connectivity index (χ4n) is 6.33. The molecule has 0 radical (unpaired) electrons. The molecule has 7 atom stereocenters. The van der Waals surface area contributed by atoms with E-state index in [1.807, 2.05) is 13.8 Å². The maximum Gasteiger partial charge on any atom is 0.178 e. The summed E-state index contributed by atoms with van der Waals surface area (Å²) in [4.78, 5) is 24.4. The van der Waals surface area contributed by atoms with Gasteiger partial charge in [0, 0.05) is 22.7 Å². The molecule has 4 aliphatic carbocycles. The number of rotatable bonds is 0. The molecule has 4 heteroatoms. The summed E-state index contributed by atoms with van der Waals surface area (Å²) >= 11 is 0. The third-order valence-electron chi connectivity index (χ3n) is 7.65. The summed E-state index contributed by atoms with van der Waals surface area (Å²) < 4.78 is 16.6. The summed E-state index contributed by atoms with van der Waals surface area (Å²) in [5, 5.41) is 10.9. The van der Waals surface area contributed by atoms with E-state index >= 15 is 4.39 Å². The standard InChI is InChI=1S/C20H25FO3/c1-11-8-15-14-5-4-12-9-13(22)6-7-19(12,3)20(14,21)16(23)10-18(15,2)17(11)24/h6-7,9,11,14-16,23H,4-5,8,10H2,1-3H3/t11-,14?,15?,16-,18-,19-,20-/m0/s1. The molecular formula is C20H25FO3. The molecule has 1 N–H and O–H groups in total. The van der Waals surface area contributed by atoms with Crippen molar-refractivity contribution in [2.75, 3.05) is 0 Å². The topological polar surface area (TPSA) is 54.4 Å². The molecule has 0 aliphatic heterocycles. The number of carbonyl (C=O) groups excluding carboxylic acids is 2. The molecular weight excluding hydrogens is 307 g/mol. The first kappa shape index (κ1) is 16.2. The zero-order valence-electron chi connectivity index (χ0n) is 14.5. The smallest absolute Gasteiger partial charge is 0.178 e. The van der Waals surface area contributed by atoms with Crippen LogP contribution >= 0.6 is 0 Å². The summed E-state index contributed by atoms with van der Waals surface area (Å²) in [6.45, 7) is 5.65. The Morgan fingerprint density at radius 2 is 1.96 bits per heavy atom. The number of hydrogen-bond donors (Lipinski definition) is 1. The summed E-state index contributed by atoms with van der Waals surface area (Å²) in [6, 6.07) is 0. The van der Waals surface area contributed by atoms with Crippen LogP contribution in [0.1, 0.15) is 46.5 Å². The van der Waals surface area contributed by atoms with Crippen LogP contribution in [0.2, 0.25) is 0 Å². The highest BCUT2D eigenvalue weighted by Gasteiger charge is 2.71. The lowest BCUT2D eigenvalue weighted by atomic mass is 9.46. The van der Waals surface area contributed by atoms with E-state index in [1.54, 1.807) is 19.1 Å². The van der Waals surface area contributed by atoms with Gasteiger partial charge in [0.05, 0.1) is 6.10 Å². The quantitative estimate of drug-likeness (QED) is 0.741. The third kappa shape index (κ3) is 1.66. The molecule has 4 aliphatic rings. The Hall–Kier alpha value is -1.29. The van der Waals surface area contributed by atoms with Crippen molar-refractivity contribution in [1.29, 1.82) is 0 Å². The van der Waals surface area contributed by atoms with Crippen LogP contribution in [-0.4, -0.2) is 28.4 Å². The average molecular weight is 332 g/mol. The summed E-state index contributed by atoms with van der Waals surface area (Å²) in [7, 11) is 0. The second-order valence-electron chi connectivity index (χ2n) is 8.77. The van der Waals surface area contributed by atoms with Gasteiger partial charge in [0.2, 0.25) is 0 Å². The van der Waals surface area contributed by atoms with Crippen molar-refractivity contribution in [2.24, 2.45) is 28.6 Å². The monoisotopic (exact) mass is 332 g/mol. The van der Waals surface area contributed by atoms with Crippen LogP contribution in [0, 0.1) is 28.6 Å². The van der Waals surface area contributed by atoms with Gasteiger partial charge in [-0.2, -0.15) is 0 Å². The number of fused-ring (bicyclic) bond motifs is 5. The van der Waals surface area contributed by atoms with Crippen molar-refractivity contribution < 1.29 is 19.1 Å². The number of ketones is 2. The number of alkyl halides is 1. The van der Waals surface area contributed by atoms with Gasteiger partial charge < -0.3 is 5.11 Å². The predicted molar refractivity (Wildman–Crippen MR) is 87.9 cm³/mol. The van der Waals surface area contributed by atoms with Crippen molar-refractivity contribution in [3.05, 3.63) is 23.8 Å². The van der Waals surface area contributed by atoms with Crippen LogP contribution in [-0.2, 0) is 9.59 Å². The highest BCUT2D eigenvalue weighted by molar-refractivity contribution is 6.01. The van der Waals surface area contributed by atoms with Crippen LogP contribution in [0.5, 0.6) is 0 Å². The Labute approximate surface area is 142 Å². The minimum atomic E-state index is -1.82. The van der Waals surface area contributed by atoms with E-state index in [1.165, 1.54) is 6.08 Å². The maximum atomic E-state index is 16.6. The lowest BCUT2D eigenvalue weighted by Gasteiger charge is -2.60. The van der Waals surface area contributed by atoms with Gasteiger partial charge in [-0.1, -0.05) is 25.5 Å². The first-order valence-corrected chi connectivity index (χ1v) is 9.00. The lowest BCUT2D eigenvalue weighted by molar-refractivity contribution is -0.190. The predicted octanol–water partition coefficient (Wildman–Crippen LogP) is 3.17. The van der Waals surface area contributed by atoms with Crippen LogP contribution in [0.4, 0.5) is 4.39 Å². The fraction of sp³-hybridized carbons (Fsp3) is 0.700. The Balaban J connectivity index is 1.84. The fourth-order valence-corrected chi connectivity index (χ4v) is 6.33. The first-order valence-electron chi connectivity index (χ1n) is 9.00. The second-order valence-corrected chi connectivity index (χ2v) is 8.77. The summed E-state index contributed by atoms with van der Waals surface area (Å²) in [5.41, 5.74) is -2.61. The molecule has 3 saturated carbocycles. The zero-order valence-corrected chi connectivity index (χ0v) is 14.5. The lowest BCUT2D eigenvalue weighted by Crippen LogP contribution is -2.66. The van der Waals surface area contributed by atoms with E-state index in [0.717, 1.165) is 5.57 Å². The third-order valence-corrected chi connectivity index (χ3v) is 7.65. The van der Waals surface area contributed by atoms with Crippen LogP contribution in [0.25, 0.3) is 0 Å². The van der Waals surface area contributed by atoms with Crippen LogP contribution in [0.15, 0.2) is 23.8 Å². The van der Waals surface area contributed by atoms with Crippen molar-refractivity contribution >= 4 is 11.6 Å². The number of aliphatic hydroxyl groups excluding tert-OH is 1. The maximum absolute atomic E-state index is 16.6. The second kappa shape index (κ2) is 4.66. The van der Waals surface area contributed by atoms with Crippen molar-refractivity contribution in [3.63, 3.8) is 0 Å². The van der Waals surface area contributed by atoms with Crippen molar-refractivity contribution in [3.8, 4) is 0 Å². The first-order chi connectivity index (χ1) is 11.1. The molecule has 2 unspecified atom stereocenters. The molecule has 0 bridgehead atoms. The number of Topliss-reactive ketones (excluding diaryl/α,β-unsaturated/α-hetero) is 1. The van der Waals surface area contributed by atoms with E-state index in [-0.39, 0.29) is 35.7 Å². The average Bonchev–Trinajstić information content (AvgIpc) is 2.74. The Morgan fingerprint density at radius 1 is 1.25 bits per heavy atom. The Morgan fingerprint density at radius 3 is 2.67 bits per heavy atom. The van der Waals surface area contributed by atoms with Gasteiger partial charge in [-0.15, -0.1) is 0 Å². The van der Waals surface area contributed by atoms with E-state index in [9.17, 15) is 14.7 Å². The molecule has 4 rings (SSSR count). The molecule has 0 spiro atoms. The Bertz CT molecular complexity index is 695. The molecule has 3 fully saturated rings. The van der Waals surface area contributed by atoms with E-state index in [2.05, 4.69) is 0 Å². The SMILES string of the molecule is C[C@H]1CC2C3CCC4=CC(=O)C=C[C@]4(C)[C@@]3(F)[C@@H](O)C[C@]2(C)C1=O. The largest absolute Gasteiger partial charge is 0.390 e. The number of carbonyl (C=O) groups is 2. The molecule has 0 aromatic carbocycles. The summed E-state index contributed by atoms with van der Waals surface area (Å²) in [6.07, 6.45) is 5.57. The molecule has 0 aromatic heterocycles. The molecule has 0 saturated heterocycles. The number of halogens is 1. The normalized spacial score (nSPS) is 53.3. The molecule has 3 nitrogen and oxygen atoms in total. The highest BCUT2D eigenvalue weighted by Crippen LogP contribution is 2.67. The zero-order chi connectivity index (χ0) is 17.5. The van der Waals surface area contributed by atoms with Gasteiger partial charge in [-0.25, -0.2) is 4.39 Å². The van der Waals surface area contributed by atoms with Crippen molar-refractivity contribution in [1.82, 2.24) is 0 Å². The number of aliphatic hydroxyl groups is 1. The van der Waals surface area contributed by atoms with Gasteiger partial charge in [-0.05, 0) is 50.7 Å². The van der Waals surface area contributed by atoms with Crippen LogP contribution < -0.4 is 0 Å². The molecule has 0 amide bonds. The minimum absolute atomic E-state index is 0.0298. The van der Waals surface area contributed by atoms with Gasteiger partial charge in [0.1, 0.15) is 5.78 Å². The van der Waals surface area contributed by atoms with E-state index < -0.39 is 22.6 Å². The molecule has 0 heterocycles. The molecule has 130 valence electrons. The van der Waals surface area contributed by atoms with E-state index in [0.29, 0.717) is 19.3 Å². The van der Waals surface area contributed by atoms with Gasteiger partial charge in [-0.3, -0.25) is 9.59 Å². The minimum Gasteiger partial charge on any atom is -0.390 e. The molecule has 0 aromatic rings. The number of allylic oxidation sites excluding steroid dienone is 4. The van der Waals surface area contributed by atoms with Crippen LogP contribution in [0.3, 0.4) is 0 Å². The Kier molecular flexibility index (Phi) is 3.14.